The van der Waals surface area contributed by atoms with E-state index in [0.29, 0.717) is 0 Å². The van der Waals surface area contributed by atoms with Gasteiger partial charge >= 0.3 is 17.4 Å². The molecule has 0 bridgehead atoms. The molecule has 0 saturated heterocycles. The van der Waals surface area contributed by atoms with Crippen molar-refractivity contribution in [1.29, 1.82) is 0 Å². The van der Waals surface area contributed by atoms with Crippen LogP contribution in [-0.4, -0.2) is 17.4 Å². The van der Waals surface area contributed by atoms with Gasteiger partial charge in [0, 0.05) is 0 Å². The molecule has 0 rings (SSSR count). The minimum absolute atomic E-state index is 0. The van der Waals surface area contributed by atoms with Crippen LogP contribution < -0.4 is 14.7 Å². The van der Waals surface area contributed by atoms with Gasteiger partial charge in [-0.2, -0.15) is 9.90 Å². The molecule has 0 aromatic rings. The summed E-state index contributed by atoms with van der Waals surface area (Å²) in [5, 5.41) is 0. The predicted molar refractivity (Wildman–Crippen MR) is 23.8 cm³/mol. The molecule has 0 amide bonds. The molecule has 0 aliphatic carbocycles. The molecule has 3 nitrogen and oxygen atoms in total. The Hall–Kier alpha value is 1.27. The van der Waals surface area contributed by atoms with Gasteiger partial charge in [0.2, 0.25) is 0 Å². The minimum atomic E-state index is -3.37. The normalized spacial score (nSPS) is 6.00. The van der Waals surface area contributed by atoms with Crippen molar-refractivity contribution >= 4 is 35.9 Å². The van der Waals surface area contributed by atoms with E-state index in [-0.39, 0.29) is 27.3 Å². The summed E-state index contributed by atoms with van der Waals surface area (Å²) in [5.41, 5.74) is 0. The van der Waals surface area contributed by atoms with Gasteiger partial charge in [-0.3, -0.25) is 0 Å². The monoisotopic (exact) mass is 140 g/mol. The second kappa shape index (κ2) is 9.55. The second-order valence-electron chi connectivity index (χ2n) is 0.224. The van der Waals surface area contributed by atoms with E-state index in [2.05, 4.69) is 0 Å². The first kappa shape index (κ1) is 15.7. The van der Waals surface area contributed by atoms with Crippen molar-refractivity contribution in [2.45, 2.75) is 0 Å². The van der Waals surface area contributed by atoms with Crippen molar-refractivity contribution in [3.63, 3.8) is 0 Å². The third kappa shape index (κ3) is 59.4. The van der Waals surface area contributed by atoms with Crippen LogP contribution in [0.4, 0.5) is 0 Å². The molecule has 1 unspecified atom stereocenters. The quantitative estimate of drug-likeness (QED) is 0.265. The number of rotatable bonds is 0. The maximum atomic E-state index is 8.48. The van der Waals surface area contributed by atoms with Crippen molar-refractivity contribution in [3.8, 4) is 0 Å². The maximum Gasteiger partial charge on any atom is 3.00 e. The Morgan fingerprint density at radius 1 is 1.00 bits per heavy atom. The van der Waals surface area contributed by atoms with E-state index in [1.807, 2.05) is 0 Å². The molecule has 0 aromatic heterocycles. The average Bonchev–Trinajstić information content (AvgIpc) is 0.811. The topological polar surface area (TPSA) is 69.2 Å². The van der Waals surface area contributed by atoms with Crippen molar-refractivity contribution in [3.05, 3.63) is 0 Å². The fourth-order valence-corrected chi connectivity index (χ4v) is 0. The summed E-state index contributed by atoms with van der Waals surface area (Å²) in [7, 11) is -3.37. The van der Waals surface area contributed by atoms with Gasteiger partial charge in [-0.25, -0.2) is 0 Å². The zero-order chi connectivity index (χ0) is 3.58. The maximum absolute atomic E-state index is 8.48. The van der Waals surface area contributed by atoms with Gasteiger partial charge in [-0.05, 0) is 0 Å². The van der Waals surface area contributed by atoms with Crippen LogP contribution in [0.15, 0.2) is 0 Å². The first-order valence-electron chi connectivity index (χ1n) is 0.548. The summed E-state index contributed by atoms with van der Waals surface area (Å²) in [4.78, 5) is 25.4. The summed E-state index contributed by atoms with van der Waals surface area (Å²) in [6.45, 7) is 0. The zero-order valence-electron chi connectivity index (χ0n) is 2.96. The molecule has 0 spiro atoms. The first-order chi connectivity index (χ1) is 1.73. The Balaban J connectivity index is -0.0000000450. The Morgan fingerprint density at radius 3 is 1.00 bits per heavy atom. The van der Waals surface area contributed by atoms with Gasteiger partial charge in [-0.1, -0.05) is 0 Å². The van der Waals surface area contributed by atoms with Crippen LogP contribution in [0.5, 0.6) is 0 Å². The Kier molecular flexibility index (Phi) is 25.0. The van der Waals surface area contributed by atoms with Crippen LogP contribution in [-0.2, 0) is 0 Å². The van der Waals surface area contributed by atoms with Crippen molar-refractivity contribution in [2.75, 3.05) is 0 Å². The summed E-state index contributed by atoms with van der Waals surface area (Å²) in [6, 6.07) is 0. The van der Waals surface area contributed by atoms with E-state index in [4.69, 9.17) is 14.7 Å². The fourth-order valence-electron chi connectivity index (χ4n) is 0. The SMILES string of the molecule is P.[Al+3].[O-]P([O-])[O-]. The molecule has 0 fully saturated rings. The van der Waals surface area contributed by atoms with Crippen LogP contribution in [0, 0.1) is 0 Å². The van der Waals surface area contributed by atoms with Crippen LogP contribution >= 0.6 is 18.5 Å². The van der Waals surface area contributed by atoms with Gasteiger partial charge in [0.25, 0.3) is 0 Å². The molecule has 0 aliphatic rings. The van der Waals surface area contributed by atoms with Crippen LogP contribution in [0.2, 0.25) is 0 Å². The Labute approximate surface area is 51.1 Å². The molecule has 0 aliphatic heterocycles. The third-order valence-electron chi connectivity index (χ3n) is 0. The molecule has 6 heteroatoms. The summed E-state index contributed by atoms with van der Waals surface area (Å²) in [6.07, 6.45) is 0. The molecular formula is H3AlO3P2. The average molecular weight is 140 g/mol. The fraction of sp³-hybridized carbons (Fsp3) is 0. The van der Waals surface area contributed by atoms with Crippen molar-refractivity contribution < 1.29 is 14.7 Å². The van der Waals surface area contributed by atoms with Gasteiger partial charge < -0.3 is 23.3 Å². The molecule has 0 N–H and O–H groups in total. The molecule has 1 atom stereocenters. The van der Waals surface area contributed by atoms with Crippen molar-refractivity contribution in [1.82, 2.24) is 0 Å². The second-order valence-corrected chi connectivity index (χ2v) is 0.671. The van der Waals surface area contributed by atoms with E-state index in [9.17, 15) is 0 Å². The largest absolute Gasteiger partial charge is 3.00 e. The molecule has 34 valence electrons. The number of hydrogen-bond acceptors (Lipinski definition) is 3. The molecule has 0 aromatic carbocycles. The van der Waals surface area contributed by atoms with E-state index in [1.54, 1.807) is 0 Å². The molecule has 0 radical (unpaired) electrons. The van der Waals surface area contributed by atoms with Crippen molar-refractivity contribution in [2.24, 2.45) is 0 Å². The summed E-state index contributed by atoms with van der Waals surface area (Å²) >= 11 is 0. The first-order valence-corrected chi connectivity index (χ1v) is 1.64. The van der Waals surface area contributed by atoms with Crippen LogP contribution in [0.1, 0.15) is 0 Å². The standard InChI is InChI=1S/Al.O3P.H3P/c;1-4(2)3;/h;;1H3/q+3;-3;. The van der Waals surface area contributed by atoms with Gasteiger partial charge in [0.15, 0.2) is 0 Å². The van der Waals surface area contributed by atoms with Crippen LogP contribution in [0.25, 0.3) is 0 Å². The van der Waals surface area contributed by atoms with Gasteiger partial charge in [0.05, 0.1) is 0 Å². The van der Waals surface area contributed by atoms with E-state index >= 15 is 0 Å². The molecule has 0 saturated carbocycles. The minimum Gasteiger partial charge on any atom is -0.854 e. The molecular weight excluding hydrogens is 137 g/mol. The summed E-state index contributed by atoms with van der Waals surface area (Å²) < 4.78 is 0. The predicted octanol–water partition coefficient (Wildman–Crippen LogP) is -3.03. The number of hydrogen-bond donors (Lipinski definition) is 0. The third-order valence-corrected chi connectivity index (χ3v) is 0. The van der Waals surface area contributed by atoms with E-state index in [1.165, 1.54) is 0 Å². The molecule has 0 heterocycles. The smallest absolute Gasteiger partial charge is 0.854 e. The zero-order valence-corrected chi connectivity index (χ0v) is 6.42. The van der Waals surface area contributed by atoms with Gasteiger partial charge in [-0.15, -0.1) is 0 Å². The van der Waals surface area contributed by atoms with Crippen LogP contribution in [0.3, 0.4) is 0 Å². The molecule has 6 heavy (non-hydrogen) atoms. The Morgan fingerprint density at radius 2 is 1.00 bits per heavy atom. The van der Waals surface area contributed by atoms with E-state index in [0.717, 1.165) is 0 Å². The van der Waals surface area contributed by atoms with E-state index < -0.39 is 8.60 Å². The Bertz CT molecular complexity index is 13.5. The van der Waals surface area contributed by atoms with Gasteiger partial charge in [0.1, 0.15) is 0 Å². The summed E-state index contributed by atoms with van der Waals surface area (Å²) in [5.74, 6) is 0.